The Morgan fingerprint density at radius 2 is 1.89 bits per heavy atom. The zero-order chi connectivity index (χ0) is 27.7. The van der Waals surface area contributed by atoms with Crippen LogP contribution in [0.5, 0.6) is 0 Å². The molecule has 1 amide bonds. The highest BCUT2D eigenvalue weighted by atomic mass is 32.2. The van der Waals surface area contributed by atoms with Crippen molar-refractivity contribution in [2.45, 2.75) is 44.7 Å². The van der Waals surface area contributed by atoms with Gasteiger partial charge in [-0.05, 0) is 69.0 Å². The molecule has 2 heterocycles. The van der Waals surface area contributed by atoms with Crippen LogP contribution in [0.1, 0.15) is 46.5 Å². The fourth-order valence-electron chi connectivity index (χ4n) is 4.43. The lowest BCUT2D eigenvalue weighted by Gasteiger charge is -2.31. The van der Waals surface area contributed by atoms with Crippen molar-refractivity contribution >= 4 is 33.8 Å². The van der Waals surface area contributed by atoms with Gasteiger partial charge in [0.25, 0.3) is 0 Å². The summed E-state index contributed by atoms with van der Waals surface area (Å²) >= 11 is 0. The standard InChI is InChI=1S/C27H28F3N3O4S/c1-17-9-10-18(2)20(14-17)11-12-24-25(19(3)32-37-24)38(35,36)33-13-5-6-21(16-33)26(34)31-23-8-4-7-22(15-23)27(28,29)30/h4,7-12,14-15,21H,5-6,13,16H2,1-3H3,(H,31,34). The quantitative estimate of drug-likeness (QED) is 0.419. The Morgan fingerprint density at radius 3 is 2.63 bits per heavy atom. The van der Waals surface area contributed by atoms with Crippen molar-refractivity contribution in [1.82, 2.24) is 9.46 Å². The van der Waals surface area contributed by atoms with E-state index >= 15 is 0 Å². The summed E-state index contributed by atoms with van der Waals surface area (Å²) in [6.45, 7) is 5.52. The Hall–Kier alpha value is -3.44. The van der Waals surface area contributed by atoms with Crippen molar-refractivity contribution in [3.8, 4) is 0 Å². The van der Waals surface area contributed by atoms with Gasteiger partial charge in [0.1, 0.15) is 5.69 Å². The van der Waals surface area contributed by atoms with Crippen molar-refractivity contribution in [2.24, 2.45) is 5.92 Å². The molecule has 11 heteroatoms. The fraction of sp³-hybridized carbons (Fsp3) is 0.333. The second-order valence-corrected chi connectivity index (χ2v) is 11.3. The van der Waals surface area contributed by atoms with Crippen LogP contribution in [0.3, 0.4) is 0 Å². The van der Waals surface area contributed by atoms with Crippen LogP contribution < -0.4 is 5.32 Å². The first kappa shape index (κ1) is 27.6. The first-order valence-corrected chi connectivity index (χ1v) is 13.5. The van der Waals surface area contributed by atoms with E-state index in [9.17, 15) is 26.4 Å². The van der Waals surface area contributed by atoms with Crippen LogP contribution in [0.15, 0.2) is 51.9 Å². The van der Waals surface area contributed by atoms with Gasteiger partial charge >= 0.3 is 6.18 Å². The van der Waals surface area contributed by atoms with Crippen molar-refractivity contribution < 1.29 is 30.9 Å². The highest BCUT2D eigenvalue weighted by Crippen LogP contribution is 2.32. The number of hydrogen-bond acceptors (Lipinski definition) is 5. The minimum atomic E-state index is -4.54. The topological polar surface area (TPSA) is 92.5 Å². The molecule has 1 unspecified atom stereocenters. The third kappa shape index (κ3) is 5.99. The third-order valence-electron chi connectivity index (χ3n) is 6.49. The van der Waals surface area contributed by atoms with Crippen LogP contribution in [-0.4, -0.2) is 36.9 Å². The Balaban J connectivity index is 1.53. The van der Waals surface area contributed by atoms with Crippen LogP contribution in [0, 0.1) is 26.7 Å². The number of alkyl halides is 3. The lowest BCUT2D eigenvalue weighted by atomic mass is 9.98. The second-order valence-electron chi connectivity index (χ2n) is 9.42. The van der Waals surface area contributed by atoms with E-state index in [4.69, 9.17) is 4.52 Å². The highest BCUT2D eigenvalue weighted by Gasteiger charge is 2.37. The van der Waals surface area contributed by atoms with Crippen LogP contribution in [0.25, 0.3) is 12.2 Å². The van der Waals surface area contributed by atoms with E-state index in [1.54, 1.807) is 12.2 Å². The SMILES string of the molecule is Cc1ccc(C)c(C=Cc2onc(C)c2S(=O)(=O)N2CCCC(C(=O)Nc3cccc(C(F)(F)F)c3)C2)c1. The first-order chi connectivity index (χ1) is 17.9. The fourth-order valence-corrected chi connectivity index (χ4v) is 6.20. The summed E-state index contributed by atoms with van der Waals surface area (Å²) in [6, 6.07) is 10.3. The van der Waals surface area contributed by atoms with Gasteiger partial charge in [0.15, 0.2) is 10.7 Å². The number of benzene rings is 2. The number of nitrogens with one attached hydrogen (secondary N) is 1. The van der Waals surface area contributed by atoms with Crippen molar-refractivity contribution in [2.75, 3.05) is 18.4 Å². The molecular formula is C27H28F3N3O4S. The largest absolute Gasteiger partial charge is 0.416 e. The third-order valence-corrected chi connectivity index (χ3v) is 8.52. The lowest BCUT2D eigenvalue weighted by molar-refractivity contribution is -0.137. The molecule has 0 aliphatic carbocycles. The average molecular weight is 548 g/mol. The molecule has 1 aromatic heterocycles. The number of rotatable bonds is 6. The first-order valence-electron chi connectivity index (χ1n) is 12.1. The van der Waals surface area contributed by atoms with Crippen LogP contribution in [0.2, 0.25) is 0 Å². The van der Waals surface area contributed by atoms with Gasteiger partial charge in [0, 0.05) is 18.8 Å². The molecule has 0 radical (unpaired) electrons. The van der Waals surface area contributed by atoms with E-state index in [1.807, 2.05) is 32.0 Å². The lowest BCUT2D eigenvalue weighted by Crippen LogP contribution is -2.43. The number of anilines is 1. The molecule has 3 aromatic rings. The molecule has 0 bridgehead atoms. The zero-order valence-electron chi connectivity index (χ0n) is 21.2. The summed E-state index contributed by atoms with van der Waals surface area (Å²) in [7, 11) is -4.07. The van der Waals surface area contributed by atoms with Crippen LogP contribution in [-0.2, 0) is 21.0 Å². The van der Waals surface area contributed by atoms with Gasteiger partial charge in [0.05, 0.1) is 11.5 Å². The van der Waals surface area contributed by atoms with E-state index in [2.05, 4.69) is 10.5 Å². The summed E-state index contributed by atoms with van der Waals surface area (Å²) in [5.41, 5.74) is 2.29. The maximum atomic E-state index is 13.6. The molecule has 1 aliphatic heterocycles. The smallest absolute Gasteiger partial charge is 0.355 e. The number of sulfonamides is 1. The molecule has 1 N–H and O–H groups in total. The Morgan fingerprint density at radius 1 is 1.13 bits per heavy atom. The number of carbonyl (C=O) groups excluding carboxylic acids is 1. The number of carbonyl (C=O) groups is 1. The minimum absolute atomic E-state index is 0.00134. The van der Waals surface area contributed by atoms with Crippen molar-refractivity contribution in [1.29, 1.82) is 0 Å². The van der Waals surface area contributed by atoms with Gasteiger partial charge in [-0.1, -0.05) is 41.1 Å². The van der Waals surface area contributed by atoms with Gasteiger partial charge in [-0.25, -0.2) is 8.42 Å². The molecule has 1 aliphatic rings. The molecule has 38 heavy (non-hydrogen) atoms. The number of piperidine rings is 1. The van der Waals surface area contributed by atoms with Crippen molar-refractivity contribution in [3.05, 3.63) is 76.2 Å². The maximum absolute atomic E-state index is 13.6. The van der Waals surface area contributed by atoms with Gasteiger partial charge in [-0.2, -0.15) is 17.5 Å². The summed E-state index contributed by atoms with van der Waals surface area (Å²) in [5.74, 6) is -1.19. The summed E-state index contributed by atoms with van der Waals surface area (Å²) in [5, 5.41) is 6.36. The predicted octanol–water partition coefficient (Wildman–Crippen LogP) is 5.83. The van der Waals surface area contributed by atoms with Crippen molar-refractivity contribution in [3.63, 3.8) is 0 Å². The molecule has 1 fully saturated rings. The van der Waals surface area contributed by atoms with Gasteiger partial charge in [-0.15, -0.1) is 0 Å². The summed E-state index contributed by atoms with van der Waals surface area (Å²) in [4.78, 5) is 12.8. The molecule has 1 saturated heterocycles. The van der Waals surface area contributed by atoms with Crippen LogP contribution >= 0.6 is 0 Å². The molecule has 0 saturated carbocycles. The average Bonchev–Trinajstić information content (AvgIpc) is 3.25. The number of aromatic nitrogens is 1. The van der Waals surface area contributed by atoms with E-state index < -0.39 is 33.6 Å². The molecule has 0 spiro atoms. The van der Waals surface area contributed by atoms with Gasteiger partial charge in [-0.3, -0.25) is 4.79 Å². The molecule has 2 aromatic carbocycles. The highest BCUT2D eigenvalue weighted by molar-refractivity contribution is 7.89. The minimum Gasteiger partial charge on any atom is -0.355 e. The van der Waals surface area contributed by atoms with E-state index in [1.165, 1.54) is 23.4 Å². The van der Waals surface area contributed by atoms with Gasteiger partial charge < -0.3 is 9.84 Å². The molecule has 1 atom stereocenters. The Kier molecular flexibility index (Phi) is 7.80. The maximum Gasteiger partial charge on any atom is 0.416 e. The molecule has 202 valence electrons. The van der Waals surface area contributed by atoms with E-state index in [-0.39, 0.29) is 35.1 Å². The van der Waals surface area contributed by atoms with Crippen LogP contribution in [0.4, 0.5) is 18.9 Å². The number of halogens is 3. The number of nitrogens with zero attached hydrogens (tertiary/aromatic N) is 2. The molecular weight excluding hydrogens is 519 g/mol. The monoisotopic (exact) mass is 547 g/mol. The summed E-state index contributed by atoms with van der Waals surface area (Å²) in [6.07, 6.45) is -0.396. The number of hydrogen-bond donors (Lipinski definition) is 1. The van der Waals surface area contributed by atoms with E-state index in [0.29, 0.717) is 12.8 Å². The predicted molar refractivity (Wildman–Crippen MR) is 138 cm³/mol. The Labute approximate surface area is 219 Å². The Bertz CT molecular complexity index is 1480. The number of aryl methyl sites for hydroxylation is 3. The normalized spacial score (nSPS) is 17.2. The second kappa shape index (κ2) is 10.7. The van der Waals surface area contributed by atoms with E-state index in [0.717, 1.165) is 28.8 Å². The number of amides is 1. The summed E-state index contributed by atoms with van der Waals surface area (Å²) < 4.78 is 72.9. The zero-order valence-corrected chi connectivity index (χ0v) is 22.0. The van der Waals surface area contributed by atoms with Gasteiger partial charge in [0.2, 0.25) is 15.9 Å². The molecule has 4 rings (SSSR count). The molecule has 7 nitrogen and oxygen atoms in total.